The Balaban J connectivity index is 1.72. The summed E-state index contributed by atoms with van der Waals surface area (Å²) in [5.41, 5.74) is 7.74. The summed E-state index contributed by atoms with van der Waals surface area (Å²) in [7, 11) is 0. The van der Waals surface area contributed by atoms with E-state index in [9.17, 15) is 19.2 Å². The van der Waals surface area contributed by atoms with Gasteiger partial charge in [0.05, 0.1) is 12.6 Å². The average Bonchev–Trinajstić information content (AvgIpc) is 2.98. The maximum atomic E-state index is 13.5. The summed E-state index contributed by atoms with van der Waals surface area (Å²) in [5.74, 6) is -2.09. The van der Waals surface area contributed by atoms with Gasteiger partial charge >= 0.3 is 0 Å². The van der Waals surface area contributed by atoms with Crippen molar-refractivity contribution in [3.63, 3.8) is 0 Å². The second-order valence-electron chi connectivity index (χ2n) is 9.81. The third-order valence-corrected chi connectivity index (χ3v) is 6.82. The SMILES string of the molecule is CCC(C)[C@H](NC(=O)c1cccc(C(N)=O)c1)C(=O)N[C@@H](CCc1ccccc1)C(=O)COCc1ccccc1. The van der Waals surface area contributed by atoms with Gasteiger partial charge in [-0.15, -0.1) is 0 Å². The monoisotopic (exact) mass is 543 g/mol. The van der Waals surface area contributed by atoms with Crippen LogP contribution in [0.25, 0.3) is 0 Å². The topological polar surface area (TPSA) is 128 Å². The Bertz CT molecular complexity index is 1280. The molecule has 0 aliphatic carbocycles. The molecule has 8 heteroatoms. The van der Waals surface area contributed by atoms with Gasteiger partial charge in [0.25, 0.3) is 5.91 Å². The van der Waals surface area contributed by atoms with Crippen molar-refractivity contribution in [2.75, 3.05) is 6.61 Å². The van der Waals surface area contributed by atoms with Gasteiger partial charge in [-0.3, -0.25) is 19.2 Å². The first-order valence-corrected chi connectivity index (χ1v) is 13.5. The van der Waals surface area contributed by atoms with Gasteiger partial charge in [-0.05, 0) is 48.1 Å². The molecule has 0 radical (unpaired) electrons. The van der Waals surface area contributed by atoms with Crippen LogP contribution in [0.15, 0.2) is 84.9 Å². The molecular weight excluding hydrogens is 506 g/mol. The summed E-state index contributed by atoms with van der Waals surface area (Å²) in [5, 5.41) is 5.67. The first-order valence-electron chi connectivity index (χ1n) is 13.5. The number of carbonyl (C=O) groups is 4. The zero-order valence-electron chi connectivity index (χ0n) is 23.0. The van der Waals surface area contributed by atoms with E-state index in [4.69, 9.17) is 10.5 Å². The van der Waals surface area contributed by atoms with Gasteiger partial charge < -0.3 is 21.1 Å². The van der Waals surface area contributed by atoms with Crippen LogP contribution in [0, 0.1) is 5.92 Å². The number of hydrogen-bond acceptors (Lipinski definition) is 5. The number of ether oxygens (including phenoxy) is 1. The average molecular weight is 544 g/mol. The fraction of sp³-hybridized carbons (Fsp3) is 0.312. The molecule has 1 unspecified atom stereocenters. The summed E-state index contributed by atoms with van der Waals surface area (Å²) in [4.78, 5) is 51.3. The number of Topliss-reactive ketones (excluding diaryl/α,β-unsaturated/α-hetero) is 1. The number of ketones is 1. The molecule has 3 atom stereocenters. The van der Waals surface area contributed by atoms with Crippen molar-refractivity contribution >= 4 is 23.5 Å². The van der Waals surface area contributed by atoms with Crippen molar-refractivity contribution in [1.82, 2.24) is 10.6 Å². The molecule has 0 aromatic heterocycles. The zero-order valence-corrected chi connectivity index (χ0v) is 23.0. The van der Waals surface area contributed by atoms with E-state index in [1.165, 1.54) is 12.1 Å². The van der Waals surface area contributed by atoms with Gasteiger partial charge in [0.2, 0.25) is 11.8 Å². The number of hydrogen-bond donors (Lipinski definition) is 3. The molecule has 4 N–H and O–H groups in total. The molecule has 0 saturated heterocycles. The van der Waals surface area contributed by atoms with E-state index in [0.29, 0.717) is 19.3 Å². The summed E-state index contributed by atoms with van der Waals surface area (Å²) < 4.78 is 5.67. The summed E-state index contributed by atoms with van der Waals surface area (Å²) >= 11 is 0. The number of nitrogens with one attached hydrogen (secondary N) is 2. The predicted molar refractivity (Wildman–Crippen MR) is 153 cm³/mol. The van der Waals surface area contributed by atoms with Crippen LogP contribution in [0.5, 0.6) is 0 Å². The molecule has 3 aromatic rings. The lowest BCUT2D eigenvalue weighted by molar-refractivity contribution is -0.132. The van der Waals surface area contributed by atoms with E-state index in [2.05, 4.69) is 10.6 Å². The molecule has 3 amide bonds. The molecule has 3 aromatic carbocycles. The fourth-order valence-electron chi connectivity index (χ4n) is 4.22. The van der Waals surface area contributed by atoms with Crippen LogP contribution in [0.1, 0.15) is 58.5 Å². The largest absolute Gasteiger partial charge is 0.369 e. The van der Waals surface area contributed by atoms with Crippen LogP contribution in [0.3, 0.4) is 0 Å². The lowest BCUT2D eigenvalue weighted by Crippen LogP contribution is -2.54. The van der Waals surface area contributed by atoms with Crippen molar-refractivity contribution < 1.29 is 23.9 Å². The van der Waals surface area contributed by atoms with E-state index < -0.39 is 29.8 Å². The van der Waals surface area contributed by atoms with Crippen molar-refractivity contribution in [2.45, 2.75) is 51.8 Å². The highest BCUT2D eigenvalue weighted by molar-refractivity contribution is 6.01. The Morgan fingerprint density at radius 1 is 0.825 bits per heavy atom. The number of benzene rings is 3. The molecule has 3 rings (SSSR count). The molecule has 0 spiro atoms. The Labute approximate surface area is 235 Å². The number of carbonyl (C=O) groups excluding carboxylic acids is 4. The molecule has 0 aliphatic heterocycles. The number of nitrogens with two attached hydrogens (primary N) is 1. The lowest BCUT2D eigenvalue weighted by Gasteiger charge is -2.26. The van der Waals surface area contributed by atoms with E-state index in [0.717, 1.165) is 11.1 Å². The van der Waals surface area contributed by atoms with Gasteiger partial charge in [-0.1, -0.05) is 87.0 Å². The molecule has 40 heavy (non-hydrogen) atoms. The molecule has 0 aliphatic rings. The first-order chi connectivity index (χ1) is 19.3. The molecule has 0 heterocycles. The van der Waals surface area contributed by atoms with Crippen molar-refractivity contribution in [3.8, 4) is 0 Å². The molecule has 210 valence electrons. The molecular formula is C32H37N3O5. The van der Waals surface area contributed by atoms with Crippen LogP contribution < -0.4 is 16.4 Å². The first kappa shape index (κ1) is 30.2. The van der Waals surface area contributed by atoms with Crippen LogP contribution in [-0.2, 0) is 27.4 Å². The van der Waals surface area contributed by atoms with Gasteiger partial charge in [-0.25, -0.2) is 0 Å². The second-order valence-corrected chi connectivity index (χ2v) is 9.81. The number of rotatable bonds is 15. The minimum Gasteiger partial charge on any atom is -0.369 e. The quantitative estimate of drug-likeness (QED) is 0.268. The highest BCUT2D eigenvalue weighted by Crippen LogP contribution is 2.13. The van der Waals surface area contributed by atoms with Crippen LogP contribution in [0.2, 0.25) is 0 Å². The van der Waals surface area contributed by atoms with E-state index in [-0.39, 0.29) is 36.0 Å². The minimum atomic E-state index is -0.896. The van der Waals surface area contributed by atoms with Gasteiger partial charge in [-0.2, -0.15) is 0 Å². The van der Waals surface area contributed by atoms with Gasteiger partial charge in [0.1, 0.15) is 12.6 Å². The molecule has 0 saturated carbocycles. The van der Waals surface area contributed by atoms with Crippen LogP contribution in [0.4, 0.5) is 0 Å². The number of primary amides is 1. The van der Waals surface area contributed by atoms with Crippen molar-refractivity contribution in [2.24, 2.45) is 11.7 Å². The highest BCUT2D eigenvalue weighted by atomic mass is 16.5. The summed E-state index contributed by atoms with van der Waals surface area (Å²) in [6.45, 7) is 3.89. The smallest absolute Gasteiger partial charge is 0.251 e. The standard InChI is InChI=1S/C32H37N3O5/c1-3-22(2)29(35-31(38)26-16-10-15-25(19-26)30(33)37)32(39)34-27(18-17-23-11-6-4-7-12-23)28(36)21-40-20-24-13-8-5-9-14-24/h4-16,19,22,27,29H,3,17-18,20-21H2,1-2H3,(H2,33,37)(H,34,39)(H,35,38)/t22?,27-,29-/m0/s1. The summed E-state index contributed by atoms with van der Waals surface area (Å²) in [6.07, 6.45) is 1.57. The van der Waals surface area contributed by atoms with E-state index in [1.54, 1.807) is 12.1 Å². The normalized spacial score (nSPS) is 13.1. The lowest BCUT2D eigenvalue weighted by atomic mass is 9.96. The Morgan fingerprint density at radius 3 is 2.08 bits per heavy atom. The zero-order chi connectivity index (χ0) is 28.9. The Morgan fingerprint density at radius 2 is 1.45 bits per heavy atom. The van der Waals surface area contributed by atoms with E-state index >= 15 is 0 Å². The third kappa shape index (κ3) is 9.17. The predicted octanol–water partition coefficient (Wildman–Crippen LogP) is 3.83. The van der Waals surface area contributed by atoms with Crippen molar-refractivity contribution in [3.05, 3.63) is 107 Å². The number of amides is 3. The maximum absolute atomic E-state index is 13.5. The Kier molecular flexibility index (Phi) is 11.6. The maximum Gasteiger partial charge on any atom is 0.251 e. The second kappa shape index (κ2) is 15.3. The minimum absolute atomic E-state index is 0.158. The number of aryl methyl sites for hydroxylation is 1. The fourth-order valence-corrected chi connectivity index (χ4v) is 4.22. The highest BCUT2D eigenvalue weighted by Gasteiger charge is 2.30. The third-order valence-electron chi connectivity index (χ3n) is 6.82. The summed E-state index contributed by atoms with van der Waals surface area (Å²) in [6, 6.07) is 23.6. The van der Waals surface area contributed by atoms with Crippen LogP contribution in [-0.4, -0.2) is 42.2 Å². The van der Waals surface area contributed by atoms with Gasteiger partial charge in [0.15, 0.2) is 5.78 Å². The van der Waals surface area contributed by atoms with Crippen LogP contribution >= 0.6 is 0 Å². The molecule has 0 bridgehead atoms. The van der Waals surface area contributed by atoms with Gasteiger partial charge in [0, 0.05) is 11.1 Å². The molecule has 0 fully saturated rings. The van der Waals surface area contributed by atoms with E-state index in [1.807, 2.05) is 74.5 Å². The molecule has 8 nitrogen and oxygen atoms in total. The Hall–Kier alpha value is -4.30. The van der Waals surface area contributed by atoms with Crippen molar-refractivity contribution in [1.29, 1.82) is 0 Å².